The van der Waals surface area contributed by atoms with Crippen LogP contribution in [0, 0.1) is 5.92 Å². The number of ether oxygens (including phenoxy) is 1. The standard InChI is InChI=1S/C10H22N4O/c1-3-4-8-7-9(8)13-10(14-11)12-5-6-15-2/h8-9H,3-7,11H2,1-2H3,(H2,12,13,14). The Morgan fingerprint density at radius 1 is 1.60 bits per heavy atom. The van der Waals surface area contributed by atoms with E-state index in [9.17, 15) is 0 Å². The smallest absolute Gasteiger partial charge is 0.206 e. The van der Waals surface area contributed by atoms with Crippen molar-refractivity contribution in [2.75, 3.05) is 20.3 Å². The van der Waals surface area contributed by atoms with Crippen molar-refractivity contribution < 1.29 is 4.74 Å². The summed E-state index contributed by atoms with van der Waals surface area (Å²) in [5.74, 6) is 6.84. The van der Waals surface area contributed by atoms with E-state index in [4.69, 9.17) is 10.6 Å². The molecule has 0 aromatic heterocycles. The number of aliphatic imine (C=N–C) groups is 1. The summed E-state index contributed by atoms with van der Waals surface area (Å²) in [6.45, 7) is 3.47. The molecule has 0 aromatic carbocycles. The number of hydrazine groups is 1. The number of hydrogen-bond donors (Lipinski definition) is 3. The van der Waals surface area contributed by atoms with Crippen molar-refractivity contribution in [1.82, 2.24) is 10.7 Å². The van der Waals surface area contributed by atoms with Crippen molar-refractivity contribution >= 4 is 5.96 Å². The number of nitrogens with zero attached hydrogens (tertiary/aromatic N) is 1. The fourth-order valence-corrected chi connectivity index (χ4v) is 1.67. The van der Waals surface area contributed by atoms with E-state index in [1.54, 1.807) is 7.11 Å². The van der Waals surface area contributed by atoms with Crippen molar-refractivity contribution in [3.8, 4) is 0 Å². The minimum absolute atomic E-state index is 0.558. The second kappa shape index (κ2) is 6.63. The van der Waals surface area contributed by atoms with Crippen LogP contribution in [0.15, 0.2) is 4.99 Å². The van der Waals surface area contributed by atoms with E-state index in [0.717, 1.165) is 5.92 Å². The average Bonchev–Trinajstić information content (AvgIpc) is 2.96. The van der Waals surface area contributed by atoms with E-state index in [2.05, 4.69) is 22.7 Å². The molecular formula is C10H22N4O. The molecule has 1 fully saturated rings. The minimum Gasteiger partial charge on any atom is -0.383 e. The molecule has 1 aliphatic carbocycles. The lowest BCUT2D eigenvalue weighted by Gasteiger charge is -2.08. The van der Waals surface area contributed by atoms with Gasteiger partial charge in [0, 0.05) is 13.2 Å². The summed E-state index contributed by atoms with van der Waals surface area (Å²) in [4.78, 5) is 4.25. The Kier molecular flexibility index (Phi) is 5.42. The van der Waals surface area contributed by atoms with E-state index in [1.807, 2.05) is 0 Å². The first-order valence-corrected chi connectivity index (χ1v) is 5.58. The molecule has 15 heavy (non-hydrogen) atoms. The molecule has 1 aliphatic rings. The van der Waals surface area contributed by atoms with Crippen molar-refractivity contribution in [1.29, 1.82) is 0 Å². The summed E-state index contributed by atoms with van der Waals surface area (Å²) in [7, 11) is 1.66. The first kappa shape index (κ1) is 12.3. The topological polar surface area (TPSA) is 71.7 Å². The maximum absolute atomic E-state index is 5.37. The number of guanidine groups is 1. The number of rotatable bonds is 6. The Labute approximate surface area is 91.4 Å². The van der Waals surface area contributed by atoms with E-state index in [1.165, 1.54) is 19.3 Å². The van der Waals surface area contributed by atoms with Crippen LogP contribution in [0.3, 0.4) is 0 Å². The van der Waals surface area contributed by atoms with Crippen LogP contribution in [0.2, 0.25) is 0 Å². The van der Waals surface area contributed by atoms with Gasteiger partial charge in [-0.25, -0.2) is 10.8 Å². The van der Waals surface area contributed by atoms with E-state index >= 15 is 0 Å². The quantitative estimate of drug-likeness (QED) is 0.195. The zero-order valence-corrected chi connectivity index (χ0v) is 9.62. The van der Waals surface area contributed by atoms with Crippen LogP contribution in [-0.4, -0.2) is 32.3 Å². The lowest BCUT2D eigenvalue weighted by molar-refractivity contribution is 0.208. The van der Waals surface area contributed by atoms with E-state index in [0.29, 0.717) is 25.2 Å². The molecule has 88 valence electrons. The summed E-state index contributed by atoms with van der Waals surface area (Å²) in [5, 5.41) is 3.29. The lowest BCUT2D eigenvalue weighted by atomic mass is 10.2. The largest absolute Gasteiger partial charge is 0.383 e. The van der Waals surface area contributed by atoms with Crippen LogP contribution in [0.1, 0.15) is 26.2 Å². The Hall–Kier alpha value is -0.810. The van der Waals surface area contributed by atoms with Crippen molar-refractivity contribution in [3.05, 3.63) is 0 Å². The summed E-state index contributed by atoms with van der Waals surface area (Å²) in [5.41, 5.74) is 2.58. The molecule has 1 saturated carbocycles. The van der Waals surface area contributed by atoms with Gasteiger partial charge >= 0.3 is 0 Å². The number of methoxy groups -OCH3 is 1. The van der Waals surface area contributed by atoms with Crippen LogP contribution >= 0.6 is 0 Å². The second-order valence-electron chi connectivity index (χ2n) is 3.90. The molecule has 2 atom stereocenters. The minimum atomic E-state index is 0.558. The normalized spacial score (nSPS) is 25.1. The molecule has 1 rings (SSSR count). The summed E-state index contributed by atoms with van der Waals surface area (Å²) >= 11 is 0. The van der Waals surface area contributed by atoms with Gasteiger partial charge in [0.15, 0.2) is 0 Å². The SMILES string of the molecule is CCCC1CC1NC(=NCCOC)NN. The number of nitrogens with one attached hydrogen (secondary N) is 2. The molecule has 4 N–H and O–H groups in total. The molecule has 5 heteroatoms. The molecule has 0 spiro atoms. The van der Waals surface area contributed by atoms with Gasteiger partial charge in [0.1, 0.15) is 0 Å². The summed E-state index contributed by atoms with van der Waals surface area (Å²) < 4.78 is 4.91. The molecule has 0 bridgehead atoms. The van der Waals surface area contributed by atoms with E-state index < -0.39 is 0 Å². The average molecular weight is 214 g/mol. The van der Waals surface area contributed by atoms with Gasteiger partial charge in [-0.15, -0.1) is 0 Å². The summed E-state index contributed by atoms with van der Waals surface area (Å²) in [6.07, 6.45) is 3.77. The maximum Gasteiger partial charge on any atom is 0.206 e. The molecular weight excluding hydrogens is 192 g/mol. The first-order chi connectivity index (χ1) is 7.31. The zero-order chi connectivity index (χ0) is 11.1. The second-order valence-corrected chi connectivity index (χ2v) is 3.90. The molecule has 0 amide bonds. The predicted molar refractivity (Wildman–Crippen MR) is 61.4 cm³/mol. The van der Waals surface area contributed by atoms with Crippen LogP contribution < -0.4 is 16.6 Å². The molecule has 2 unspecified atom stereocenters. The van der Waals surface area contributed by atoms with Crippen LogP contribution in [0.4, 0.5) is 0 Å². The monoisotopic (exact) mass is 214 g/mol. The van der Waals surface area contributed by atoms with E-state index in [-0.39, 0.29) is 0 Å². The molecule has 5 nitrogen and oxygen atoms in total. The van der Waals surface area contributed by atoms with Crippen LogP contribution in [-0.2, 0) is 4.74 Å². The van der Waals surface area contributed by atoms with Crippen molar-refractivity contribution in [3.63, 3.8) is 0 Å². The molecule has 0 saturated heterocycles. The van der Waals surface area contributed by atoms with Crippen LogP contribution in [0.25, 0.3) is 0 Å². The predicted octanol–water partition coefficient (Wildman–Crippen LogP) is 0.230. The molecule has 0 aliphatic heterocycles. The fourth-order valence-electron chi connectivity index (χ4n) is 1.67. The van der Waals surface area contributed by atoms with Gasteiger partial charge in [-0.05, 0) is 18.8 Å². The van der Waals surface area contributed by atoms with Gasteiger partial charge in [0.25, 0.3) is 0 Å². The maximum atomic E-state index is 5.37. The third-order valence-electron chi connectivity index (χ3n) is 2.61. The Morgan fingerprint density at radius 2 is 2.40 bits per heavy atom. The Morgan fingerprint density at radius 3 is 3.00 bits per heavy atom. The highest BCUT2D eigenvalue weighted by atomic mass is 16.5. The van der Waals surface area contributed by atoms with Gasteiger partial charge in [-0.3, -0.25) is 5.43 Å². The van der Waals surface area contributed by atoms with Gasteiger partial charge < -0.3 is 10.1 Å². The first-order valence-electron chi connectivity index (χ1n) is 5.58. The van der Waals surface area contributed by atoms with Gasteiger partial charge in [0.2, 0.25) is 5.96 Å². The highest BCUT2D eigenvalue weighted by Crippen LogP contribution is 2.34. The molecule has 0 radical (unpaired) electrons. The third kappa shape index (κ3) is 4.48. The highest BCUT2D eigenvalue weighted by Gasteiger charge is 2.36. The van der Waals surface area contributed by atoms with Gasteiger partial charge in [-0.1, -0.05) is 13.3 Å². The van der Waals surface area contributed by atoms with Crippen molar-refractivity contribution in [2.24, 2.45) is 16.8 Å². The highest BCUT2D eigenvalue weighted by molar-refractivity contribution is 5.79. The van der Waals surface area contributed by atoms with Gasteiger partial charge in [-0.2, -0.15) is 0 Å². The molecule has 0 heterocycles. The fraction of sp³-hybridized carbons (Fsp3) is 0.900. The van der Waals surface area contributed by atoms with Crippen molar-refractivity contribution in [2.45, 2.75) is 32.2 Å². The number of hydrogen-bond acceptors (Lipinski definition) is 3. The Bertz CT molecular complexity index is 208. The zero-order valence-electron chi connectivity index (χ0n) is 9.62. The van der Waals surface area contributed by atoms with Crippen LogP contribution in [0.5, 0.6) is 0 Å². The van der Waals surface area contributed by atoms with Gasteiger partial charge in [0.05, 0.1) is 13.2 Å². The third-order valence-corrected chi connectivity index (χ3v) is 2.61. The number of nitrogens with two attached hydrogens (primary N) is 1. The molecule has 0 aromatic rings. The lowest BCUT2D eigenvalue weighted by Crippen LogP contribution is -2.43. The Balaban J connectivity index is 2.20. The summed E-state index contributed by atoms with van der Waals surface area (Å²) in [6, 6.07) is 0.558.